The van der Waals surface area contributed by atoms with Crippen LogP contribution in [0, 0.1) is 6.92 Å². The summed E-state index contributed by atoms with van der Waals surface area (Å²) in [5.74, 6) is 0.586. The number of phenolic OH excluding ortho intramolecular Hbond substituents is 1. The largest absolute Gasteiger partial charge is 0.504 e. The summed E-state index contributed by atoms with van der Waals surface area (Å²) in [6, 6.07) is 13.7. The lowest BCUT2D eigenvalue weighted by atomic mass is 10.1. The summed E-state index contributed by atoms with van der Waals surface area (Å²) >= 11 is 0. The first kappa shape index (κ1) is 19.5. The number of H-pyrrole nitrogens is 2. The smallest absolute Gasteiger partial charge is 0.227 e. The van der Waals surface area contributed by atoms with Crippen molar-refractivity contribution in [1.29, 1.82) is 0 Å². The van der Waals surface area contributed by atoms with Crippen molar-refractivity contribution < 1.29 is 19.4 Å². The number of phenols is 1. The van der Waals surface area contributed by atoms with Crippen LogP contribution in [0.3, 0.4) is 0 Å². The maximum Gasteiger partial charge on any atom is 0.227 e. The minimum atomic E-state index is -0.554. The predicted molar refractivity (Wildman–Crippen MR) is 120 cm³/mol. The molecule has 0 aliphatic heterocycles. The second-order valence-corrected chi connectivity index (χ2v) is 7.34. The van der Waals surface area contributed by atoms with E-state index in [9.17, 15) is 15.0 Å². The van der Waals surface area contributed by atoms with Crippen LogP contribution in [-0.2, 0) is 0 Å². The van der Waals surface area contributed by atoms with Gasteiger partial charge < -0.3 is 29.3 Å². The fourth-order valence-electron chi connectivity index (χ4n) is 3.76. The molecule has 4 N–H and O–H groups in total. The van der Waals surface area contributed by atoms with Crippen molar-refractivity contribution in [2.75, 3.05) is 7.11 Å². The fourth-order valence-corrected chi connectivity index (χ4v) is 3.76. The van der Waals surface area contributed by atoms with E-state index in [1.165, 1.54) is 19.2 Å². The molecular formula is C24H19N3O5. The second kappa shape index (κ2) is 7.35. The van der Waals surface area contributed by atoms with Crippen LogP contribution in [-0.4, -0.2) is 32.3 Å². The molecule has 8 heteroatoms. The van der Waals surface area contributed by atoms with Crippen LogP contribution >= 0.6 is 0 Å². The third kappa shape index (κ3) is 3.09. The van der Waals surface area contributed by atoms with Crippen molar-refractivity contribution in [1.82, 2.24) is 15.0 Å². The quantitative estimate of drug-likeness (QED) is 0.332. The first-order chi connectivity index (χ1) is 15.5. The number of ether oxygens (including phenoxy) is 1. The van der Waals surface area contributed by atoms with E-state index in [4.69, 9.17) is 14.1 Å². The van der Waals surface area contributed by atoms with Crippen molar-refractivity contribution in [2.24, 2.45) is 0 Å². The first-order valence-electron chi connectivity index (χ1n) is 9.84. The molecule has 0 atom stereocenters. The van der Waals surface area contributed by atoms with Crippen LogP contribution < -0.4 is 10.2 Å². The Morgan fingerprint density at radius 2 is 1.94 bits per heavy atom. The van der Waals surface area contributed by atoms with Crippen LogP contribution in [0.4, 0.5) is 0 Å². The van der Waals surface area contributed by atoms with Gasteiger partial charge in [0.25, 0.3) is 0 Å². The Morgan fingerprint density at radius 1 is 1.09 bits per heavy atom. The molecule has 0 saturated carbocycles. The summed E-state index contributed by atoms with van der Waals surface area (Å²) in [4.78, 5) is 23.4. The number of aromatic hydroxyl groups is 2. The van der Waals surface area contributed by atoms with Crippen LogP contribution in [0.2, 0.25) is 0 Å². The number of nitrogens with zero attached hydrogens (tertiary/aromatic N) is 1. The number of fused-ring (bicyclic) bond motifs is 1. The van der Waals surface area contributed by atoms with Crippen LogP contribution in [0.15, 0.2) is 63.9 Å². The van der Waals surface area contributed by atoms with E-state index in [2.05, 4.69) is 9.97 Å². The molecule has 0 amide bonds. The molecule has 3 heterocycles. The molecule has 0 radical (unpaired) electrons. The number of imidazole rings is 1. The van der Waals surface area contributed by atoms with E-state index in [-0.39, 0.29) is 17.3 Å². The molecular weight excluding hydrogens is 410 g/mol. The van der Waals surface area contributed by atoms with Gasteiger partial charge in [-0.15, -0.1) is 0 Å². The second-order valence-electron chi connectivity index (χ2n) is 7.34. The summed E-state index contributed by atoms with van der Waals surface area (Å²) in [5.41, 5.74) is 2.58. The summed E-state index contributed by atoms with van der Waals surface area (Å²) in [6.45, 7) is 1.63. The normalized spacial score (nSPS) is 11.2. The Labute approximate surface area is 181 Å². The Balaban J connectivity index is 1.81. The summed E-state index contributed by atoms with van der Waals surface area (Å²) in [7, 11) is 1.45. The maximum atomic E-state index is 12.2. The van der Waals surface area contributed by atoms with E-state index in [1.807, 2.05) is 30.5 Å². The number of hydrogen-bond acceptors (Lipinski definition) is 6. The number of benzene rings is 2. The minimum absolute atomic E-state index is 0.0166. The van der Waals surface area contributed by atoms with Crippen LogP contribution in [0.5, 0.6) is 17.2 Å². The molecule has 0 aliphatic rings. The van der Waals surface area contributed by atoms with Crippen molar-refractivity contribution >= 4 is 10.9 Å². The number of rotatable bonds is 4. The molecule has 0 unspecified atom stereocenters. The van der Waals surface area contributed by atoms with E-state index in [0.717, 1.165) is 16.5 Å². The highest BCUT2D eigenvalue weighted by Crippen LogP contribution is 2.40. The van der Waals surface area contributed by atoms with Gasteiger partial charge in [0.1, 0.15) is 23.0 Å². The van der Waals surface area contributed by atoms with Gasteiger partial charge in [0.2, 0.25) is 11.2 Å². The number of aromatic nitrogens is 3. The fraction of sp³-hybridized carbons (Fsp3) is 0.0833. The molecule has 0 bridgehead atoms. The van der Waals surface area contributed by atoms with Crippen LogP contribution in [0.25, 0.3) is 45.0 Å². The maximum absolute atomic E-state index is 12.2. The van der Waals surface area contributed by atoms with Gasteiger partial charge in [-0.3, -0.25) is 4.79 Å². The molecule has 32 heavy (non-hydrogen) atoms. The van der Waals surface area contributed by atoms with Crippen LogP contribution in [0.1, 0.15) is 5.76 Å². The molecule has 5 rings (SSSR count). The monoisotopic (exact) mass is 429 g/mol. The molecule has 8 nitrogen and oxygen atoms in total. The Morgan fingerprint density at radius 3 is 2.75 bits per heavy atom. The summed E-state index contributed by atoms with van der Waals surface area (Å²) < 4.78 is 11.0. The Hall–Kier alpha value is -4.46. The SMILES string of the molecule is COc1cc(-c2nc(-c3cccc4[nH]ccc34)[nH]c2-c2oc(C)cc(=O)c2O)ccc1O. The highest BCUT2D eigenvalue weighted by molar-refractivity contribution is 5.94. The lowest BCUT2D eigenvalue weighted by molar-refractivity contribution is 0.373. The van der Waals surface area contributed by atoms with Crippen molar-refractivity contribution in [3.63, 3.8) is 0 Å². The van der Waals surface area contributed by atoms with E-state index in [1.54, 1.807) is 19.1 Å². The number of aryl methyl sites for hydroxylation is 1. The number of hydrogen-bond donors (Lipinski definition) is 4. The molecule has 0 saturated heterocycles. The standard InChI is InChI=1S/C24H19N3O5/c1-12-10-18(29)22(30)23(32-12)21-20(13-6-7-17(28)19(11-13)31-2)26-24(27-21)15-4-3-5-16-14(15)8-9-25-16/h3-11,25,28,30H,1-2H3,(H,26,27). The zero-order chi connectivity index (χ0) is 22.4. The molecule has 0 aliphatic carbocycles. The van der Waals surface area contributed by atoms with Gasteiger partial charge in [-0.1, -0.05) is 12.1 Å². The zero-order valence-electron chi connectivity index (χ0n) is 17.3. The molecule has 0 fully saturated rings. The van der Waals surface area contributed by atoms with Gasteiger partial charge >= 0.3 is 0 Å². The number of methoxy groups -OCH3 is 1. The highest BCUT2D eigenvalue weighted by atomic mass is 16.5. The van der Waals surface area contributed by atoms with Crippen molar-refractivity contribution in [3.8, 4) is 51.3 Å². The summed E-state index contributed by atoms with van der Waals surface area (Å²) in [5, 5.41) is 21.4. The molecule has 160 valence electrons. The van der Waals surface area contributed by atoms with Gasteiger partial charge in [0.15, 0.2) is 17.3 Å². The van der Waals surface area contributed by atoms with E-state index in [0.29, 0.717) is 28.5 Å². The first-order valence-corrected chi connectivity index (χ1v) is 9.84. The number of nitrogens with one attached hydrogen (secondary N) is 2. The summed E-state index contributed by atoms with van der Waals surface area (Å²) in [6.07, 6.45) is 1.84. The molecule has 5 aromatic rings. The average Bonchev–Trinajstić information content (AvgIpc) is 3.44. The van der Waals surface area contributed by atoms with Crippen molar-refractivity contribution in [3.05, 3.63) is 70.7 Å². The zero-order valence-corrected chi connectivity index (χ0v) is 17.3. The molecule has 2 aromatic carbocycles. The predicted octanol–water partition coefficient (Wildman–Crippen LogP) is 4.57. The van der Waals surface area contributed by atoms with Gasteiger partial charge in [0.05, 0.1) is 7.11 Å². The van der Waals surface area contributed by atoms with Gasteiger partial charge in [0, 0.05) is 34.3 Å². The van der Waals surface area contributed by atoms with Gasteiger partial charge in [-0.2, -0.15) is 0 Å². The minimum Gasteiger partial charge on any atom is -0.504 e. The number of aromatic amines is 2. The van der Waals surface area contributed by atoms with E-state index >= 15 is 0 Å². The topological polar surface area (TPSA) is 124 Å². The molecule has 3 aromatic heterocycles. The third-order valence-electron chi connectivity index (χ3n) is 5.28. The molecule has 0 spiro atoms. The lowest BCUT2D eigenvalue weighted by Crippen LogP contribution is -2.01. The third-order valence-corrected chi connectivity index (χ3v) is 5.28. The van der Waals surface area contributed by atoms with Gasteiger partial charge in [-0.05, 0) is 37.3 Å². The highest BCUT2D eigenvalue weighted by Gasteiger charge is 2.23. The average molecular weight is 429 g/mol. The Kier molecular flexibility index (Phi) is 4.48. The van der Waals surface area contributed by atoms with Gasteiger partial charge in [-0.25, -0.2) is 4.98 Å². The lowest BCUT2D eigenvalue weighted by Gasteiger charge is -2.08. The Bertz CT molecular complexity index is 1530. The van der Waals surface area contributed by atoms with E-state index < -0.39 is 11.2 Å². The van der Waals surface area contributed by atoms with Crippen molar-refractivity contribution in [2.45, 2.75) is 6.92 Å².